The van der Waals surface area contributed by atoms with Gasteiger partial charge in [0, 0.05) is 0 Å². The van der Waals surface area contributed by atoms with Crippen molar-refractivity contribution < 1.29 is 14.7 Å². The highest BCUT2D eigenvalue weighted by atomic mass is 35.5. The van der Waals surface area contributed by atoms with Crippen LogP contribution in [0.2, 0.25) is 5.02 Å². The number of benzene rings is 1. The van der Waals surface area contributed by atoms with Crippen LogP contribution in [0.25, 0.3) is 0 Å². The molecule has 0 unspecified atom stereocenters. The summed E-state index contributed by atoms with van der Waals surface area (Å²) in [5.74, 6) is -1.50. The summed E-state index contributed by atoms with van der Waals surface area (Å²) < 4.78 is 0. The third-order valence-electron chi connectivity index (χ3n) is 2.51. The Bertz CT molecular complexity index is 651. The lowest BCUT2D eigenvalue weighted by molar-refractivity contribution is 0.0698. The Balaban J connectivity index is 2.29. The van der Waals surface area contributed by atoms with Crippen LogP contribution >= 0.6 is 22.9 Å². The van der Waals surface area contributed by atoms with E-state index in [1.807, 2.05) is 0 Å². The lowest BCUT2D eigenvalue weighted by atomic mass is 10.2. The summed E-state index contributed by atoms with van der Waals surface area (Å²) in [6.45, 7) is 1.81. The van der Waals surface area contributed by atoms with Crippen LogP contribution < -0.4 is 5.32 Å². The smallest absolute Gasteiger partial charge is 0.337 e. The summed E-state index contributed by atoms with van der Waals surface area (Å²) in [4.78, 5) is 23.5. The molecule has 2 N–H and O–H groups in total. The first-order chi connectivity index (χ1) is 9.00. The summed E-state index contributed by atoms with van der Waals surface area (Å²) in [7, 11) is 0. The Morgan fingerprint density at radius 1 is 1.32 bits per heavy atom. The van der Waals surface area contributed by atoms with Gasteiger partial charge < -0.3 is 10.4 Å². The Labute approximate surface area is 118 Å². The Hall–Kier alpha value is -1.85. The number of nitrogens with one attached hydrogen (secondary N) is 1. The zero-order valence-electron chi connectivity index (χ0n) is 9.94. The van der Waals surface area contributed by atoms with E-state index in [4.69, 9.17) is 16.7 Å². The normalized spacial score (nSPS) is 10.2. The van der Waals surface area contributed by atoms with Gasteiger partial charge >= 0.3 is 5.97 Å². The fourth-order valence-electron chi connectivity index (χ4n) is 1.54. The van der Waals surface area contributed by atoms with Gasteiger partial charge in [-0.25, -0.2) is 4.79 Å². The number of amides is 1. The van der Waals surface area contributed by atoms with Crippen LogP contribution in [0.5, 0.6) is 0 Å². The molecular formula is C13H10ClNO3S. The molecule has 0 saturated heterocycles. The lowest BCUT2D eigenvalue weighted by Gasteiger charge is -2.07. The van der Waals surface area contributed by atoms with Crippen molar-refractivity contribution in [3.8, 4) is 0 Å². The zero-order chi connectivity index (χ0) is 14.0. The van der Waals surface area contributed by atoms with Gasteiger partial charge in [0.2, 0.25) is 0 Å². The highest BCUT2D eigenvalue weighted by Gasteiger charge is 2.17. The maximum Gasteiger partial charge on any atom is 0.337 e. The average molecular weight is 296 g/mol. The zero-order valence-corrected chi connectivity index (χ0v) is 11.5. The molecule has 19 heavy (non-hydrogen) atoms. The van der Waals surface area contributed by atoms with Crippen molar-refractivity contribution in [2.75, 3.05) is 5.32 Å². The van der Waals surface area contributed by atoms with E-state index in [2.05, 4.69) is 5.32 Å². The van der Waals surface area contributed by atoms with Gasteiger partial charge in [-0.3, -0.25) is 4.79 Å². The number of thiophene rings is 1. The standard InChI is InChI=1S/C13H10ClNO3S/c1-7-6-19-11(10(7)14)12(16)15-9-5-3-2-4-8(9)13(17)18/h2-6H,1H3,(H,15,16)(H,17,18). The van der Waals surface area contributed by atoms with Gasteiger partial charge in [0.05, 0.1) is 16.3 Å². The molecule has 2 rings (SSSR count). The Morgan fingerprint density at radius 3 is 2.58 bits per heavy atom. The first-order valence-electron chi connectivity index (χ1n) is 5.38. The van der Waals surface area contributed by atoms with Crippen molar-refractivity contribution in [3.63, 3.8) is 0 Å². The fraction of sp³-hybridized carbons (Fsp3) is 0.0769. The minimum atomic E-state index is -1.09. The fourth-order valence-corrected chi connectivity index (χ4v) is 2.71. The van der Waals surface area contributed by atoms with Gasteiger partial charge in [-0.05, 0) is 30.0 Å². The monoisotopic (exact) mass is 295 g/mol. The minimum Gasteiger partial charge on any atom is -0.478 e. The molecule has 0 aliphatic rings. The van der Waals surface area contributed by atoms with E-state index in [9.17, 15) is 9.59 Å². The van der Waals surface area contributed by atoms with Crippen LogP contribution in [0, 0.1) is 6.92 Å². The van der Waals surface area contributed by atoms with Crippen molar-refractivity contribution in [2.24, 2.45) is 0 Å². The molecule has 1 heterocycles. The number of para-hydroxylation sites is 1. The number of carboxylic acid groups (broad SMARTS) is 1. The number of carbonyl (C=O) groups is 2. The number of aryl methyl sites for hydroxylation is 1. The number of hydrogen-bond donors (Lipinski definition) is 2. The van der Waals surface area contributed by atoms with Crippen molar-refractivity contribution in [3.05, 3.63) is 50.7 Å². The molecule has 98 valence electrons. The van der Waals surface area contributed by atoms with Gasteiger partial charge in [0.1, 0.15) is 4.88 Å². The Morgan fingerprint density at radius 2 is 2.00 bits per heavy atom. The van der Waals surface area contributed by atoms with Crippen molar-refractivity contribution in [1.29, 1.82) is 0 Å². The van der Waals surface area contributed by atoms with Gasteiger partial charge in [-0.15, -0.1) is 11.3 Å². The second-order valence-corrected chi connectivity index (χ2v) is 5.12. The van der Waals surface area contributed by atoms with Crippen LogP contribution in [-0.4, -0.2) is 17.0 Å². The van der Waals surface area contributed by atoms with Gasteiger partial charge in [0.15, 0.2) is 0 Å². The SMILES string of the molecule is Cc1csc(C(=O)Nc2ccccc2C(=O)O)c1Cl. The van der Waals surface area contributed by atoms with E-state index in [-0.39, 0.29) is 11.3 Å². The number of rotatable bonds is 3. The molecule has 0 fully saturated rings. The van der Waals surface area contributed by atoms with E-state index in [0.29, 0.717) is 9.90 Å². The molecule has 1 aromatic heterocycles. The minimum absolute atomic E-state index is 0.0419. The van der Waals surface area contributed by atoms with E-state index in [0.717, 1.165) is 5.56 Å². The predicted molar refractivity (Wildman–Crippen MR) is 75.4 cm³/mol. The van der Waals surface area contributed by atoms with E-state index in [1.54, 1.807) is 24.4 Å². The van der Waals surface area contributed by atoms with E-state index in [1.165, 1.54) is 23.5 Å². The summed E-state index contributed by atoms with van der Waals surface area (Å²) in [5.41, 5.74) is 1.12. The van der Waals surface area contributed by atoms with Gasteiger partial charge in [-0.1, -0.05) is 23.7 Å². The summed E-state index contributed by atoms with van der Waals surface area (Å²) in [6, 6.07) is 6.22. The molecule has 1 aromatic carbocycles. The van der Waals surface area contributed by atoms with Crippen molar-refractivity contribution in [2.45, 2.75) is 6.92 Å². The summed E-state index contributed by atoms with van der Waals surface area (Å²) in [5, 5.41) is 13.8. The molecule has 1 amide bonds. The molecule has 0 saturated carbocycles. The van der Waals surface area contributed by atoms with Gasteiger partial charge in [0.25, 0.3) is 5.91 Å². The molecule has 0 aliphatic heterocycles. The summed E-state index contributed by atoms with van der Waals surface area (Å²) in [6.07, 6.45) is 0. The van der Waals surface area contributed by atoms with Crippen LogP contribution in [-0.2, 0) is 0 Å². The maximum atomic E-state index is 12.0. The summed E-state index contributed by atoms with van der Waals surface area (Å²) >= 11 is 7.23. The van der Waals surface area contributed by atoms with Crippen molar-refractivity contribution >= 4 is 40.5 Å². The number of carbonyl (C=O) groups excluding carboxylic acids is 1. The second-order valence-electron chi connectivity index (χ2n) is 3.87. The second kappa shape index (κ2) is 5.42. The molecule has 0 spiro atoms. The largest absolute Gasteiger partial charge is 0.478 e. The third-order valence-corrected chi connectivity index (χ3v) is 4.21. The molecule has 6 heteroatoms. The van der Waals surface area contributed by atoms with Crippen molar-refractivity contribution in [1.82, 2.24) is 0 Å². The molecule has 2 aromatic rings. The molecule has 0 atom stereocenters. The van der Waals surface area contributed by atoms with Crippen LogP contribution in [0.1, 0.15) is 25.6 Å². The molecule has 0 bridgehead atoms. The highest BCUT2D eigenvalue weighted by Crippen LogP contribution is 2.28. The lowest BCUT2D eigenvalue weighted by Crippen LogP contribution is -2.13. The molecule has 0 radical (unpaired) electrons. The molecule has 0 aliphatic carbocycles. The third kappa shape index (κ3) is 2.77. The molecule has 4 nitrogen and oxygen atoms in total. The topological polar surface area (TPSA) is 66.4 Å². The number of hydrogen-bond acceptors (Lipinski definition) is 3. The van der Waals surface area contributed by atoms with Crippen LogP contribution in [0.4, 0.5) is 5.69 Å². The quantitative estimate of drug-likeness (QED) is 0.908. The average Bonchev–Trinajstić information content (AvgIpc) is 2.70. The van der Waals surface area contributed by atoms with E-state index >= 15 is 0 Å². The Kier molecular flexibility index (Phi) is 3.87. The first kappa shape index (κ1) is 13.6. The number of aromatic carboxylic acids is 1. The van der Waals surface area contributed by atoms with Crippen LogP contribution in [0.15, 0.2) is 29.6 Å². The number of carboxylic acids is 1. The van der Waals surface area contributed by atoms with Crippen LogP contribution in [0.3, 0.4) is 0 Å². The predicted octanol–water partition coefficient (Wildman–Crippen LogP) is 3.66. The number of halogens is 1. The van der Waals surface area contributed by atoms with E-state index < -0.39 is 11.9 Å². The number of anilines is 1. The first-order valence-corrected chi connectivity index (χ1v) is 6.63. The van der Waals surface area contributed by atoms with Gasteiger partial charge in [-0.2, -0.15) is 0 Å². The molecular weight excluding hydrogens is 286 g/mol. The highest BCUT2D eigenvalue weighted by molar-refractivity contribution is 7.13. The maximum absolute atomic E-state index is 12.0.